The maximum atomic E-state index is 12.7. The molecule has 0 aliphatic heterocycles. The van der Waals surface area contributed by atoms with Gasteiger partial charge in [-0.25, -0.2) is 9.59 Å². The van der Waals surface area contributed by atoms with Gasteiger partial charge in [-0.3, -0.25) is 9.59 Å². The molecule has 0 atom stereocenters. The van der Waals surface area contributed by atoms with E-state index in [-0.39, 0.29) is 23.9 Å². The molecule has 0 unspecified atom stereocenters. The Morgan fingerprint density at radius 1 is 0.600 bits per heavy atom. The number of benzene rings is 2. The van der Waals surface area contributed by atoms with Crippen LogP contribution >= 0.6 is 0 Å². The first kappa shape index (κ1) is 45.3. The Hall–Kier alpha value is -4.14. The van der Waals surface area contributed by atoms with Crippen LogP contribution in [0.15, 0.2) is 60.7 Å². The number of ether oxygens (including phenoxy) is 5. The zero-order chi connectivity index (χ0) is 39.5. The molecule has 0 amide bonds. The summed E-state index contributed by atoms with van der Waals surface area (Å²) in [6, 6.07) is 15.1. The van der Waals surface area contributed by atoms with Gasteiger partial charge in [0.05, 0.1) is 32.0 Å². The topological polar surface area (TPSA) is 114 Å². The van der Waals surface area contributed by atoms with E-state index in [0.717, 1.165) is 44.4 Å². The molecule has 1 saturated carbocycles. The van der Waals surface area contributed by atoms with E-state index in [1.54, 1.807) is 31.2 Å². The van der Waals surface area contributed by atoms with E-state index >= 15 is 0 Å². The fraction of sp³-hybridized carbons (Fsp3) is 0.609. The third kappa shape index (κ3) is 19.8. The second kappa shape index (κ2) is 27.4. The van der Waals surface area contributed by atoms with Crippen molar-refractivity contribution in [1.82, 2.24) is 0 Å². The predicted molar refractivity (Wildman–Crippen MR) is 215 cm³/mol. The Morgan fingerprint density at radius 3 is 1.69 bits per heavy atom. The first-order chi connectivity index (χ1) is 26.7. The van der Waals surface area contributed by atoms with Crippen LogP contribution in [0.1, 0.15) is 164 Å². The lowest BCUT2D eigenvalue weighted by atomic mass is 9.77. The molecular weight excluding hydrogens is 696 g/mol. The Balaban J connectivity index is 1.13. The molecule has 9 heteroatoms. The van der Waals surface area contributed by atoms with E-state index < -0.39 is 0 Å². The molecule has 1 aliphatic carbocycles. The van der Waals surface area contributed by atoms with Crippen LogP contribution in [0.3, 0.4) is 0 Å². The van der Waals surface area contributed by atoms with Gasteiger partial charge in [0.15, 0.2) is 0 Å². The van der Waals surface area contributed by atoms with Crippen molar-refractivity contribution in [1.29, 1.82) is 0 Å². The van der Waals surface area contributed by atoms with Gasteiger partial charge >= 0.3 is 23.9 Å². The van der Waals surface area contributed by atoms with E-state index in [4.69, 9.17) is 23.7 Å². The average molecular weight is 763 g/mol. The highest BCUT2D eigenvalue weighted by molar-refractivity contribution is 5.91. The summed E-state index contributed by atoms with van der Waals surface area (Å²) < 4.78 is 27.1. The summed E-state index contributed by atoms with van der Waals surface area (Å²) in [5.41, 5.74) is 2.20. The summed E-state index contributed by atoms with van der Waals surface area (Å²) in [6.45, 7) is 9.07. The smallest absolute Gasteiger partial charge is 0.343 e. The van der Waals surface area contributed by atoms with Crippen LogP contribution in [-0.4, -0.2) is 50.3 Å². The van der Waals surface area contributed by atoms with Crippen LogP contribution < -0.4 is 9.47 Å². The number of hydrogen-bond acceptors (Lipinski definition) is 9. The lowest BCUT2D eigenvalue weighted by Crippen LogP contribution is -2.13. The molecule has 2 aromatic carbocycles. The second-order valence-electron chi connectivity index (χ2n) is 14.9. The van der Waals surface area contributed by atoms with Gasteiger partial charge in [-0.1, -0.05) is 51.3 Å². The van der Waals surface area contributed by atoms with Crippen molar-refractivity contribution in [2.45, 2.75) is 148 Å². The van der Waals surface area contributed by atoms with Crippen LogP contribution in [0.2, 0.25) is 0 Å². The number of esters is 4. The van der Waals surface area contributed by atoms with Crippen molar-refractivity contribution >= 4 is 23.9 Å². The normalized spacial score (nSPS) is 15.2. The number of hydrogen-bond donors (Lipinski definition) is 0. The summed E-state index contributed by atoms with van der Waals surface area (Å²) in [4.78, 5) is 47.9. The van der Waals surface area contributed by atoms with Crippen LogP contribution in [-0.2, 0) is 28.6 Å². The van der Waals surface area contributed by atoms with Gasteiger partial charge < -0.3 is 23.7 Å². The monoisotopic (exact) mass is 762 g/mol. The first-order valence-electron chi connectivity index (χ1n) is 20.9. The Labute approximate surface area is 329 Å². The molecular formula is C46H66O9. The van der Waals surface area contributed by atoms with Gasteiger partial charge in [-0.2, -0.15) is 0 Å². The van der Waals surface area contributed by atoms with Crippen LogP contribution in [0, 0.1) is 5.92 Å². The second-order valence-corrected chi connectivity index (χ2v) is 14.9. The number of unbranched alkanes of at least 4 members (excludes halogenated alkanes) is 9. The van der Waals surface area contributed by atoms with Gasteiger partial charge in [-0.05, 0) is 151 Å². The number of carbonyl (C=O) groups excluding carboxylic acids is 4. The summed E-state index contributed by atoms with van der Waals surface area (Å²) in [5.74, 6) is 1.57. The maximum Gasteiger partial charge on any atom is 0.343 e. The van der Waals surface area contributed by atoms with Crippen molar-refractivity contribution in [3.05, 3.63) is 71.8 Å². The molecule has 1 aliphatic rings. The molecule has 2 aromatic rings. The molecule has 9 nitrogen and oxygen atoms in total. The molecule has 0 bridgehead atoms. The number of carbonyl (C=O) groups is 4. The molecule has 0 heterocycles. The van der Waals surface area contributed by atoms with Crippen LogP contribution in [0.25, 0.3) is 0 Å². The third-order valence-corrected chi connectivity index (χ3v) is 10.2. The van der Waals surface area contributed by atoms with Gasteiger partial charge in [0, 0.05) is 18.4 Å². The third-order valence-electron chi connectivity index (χ3n) is 10.2. The van der Waals surface area contributed by atoms with E-state index in [2.05, 4.69) is 25.6 Å². The van der Waals surface area contributed by atoms with E-state index in [1.165, 1.54) is 56.9 Å². The average Bonchev–Trinajstić information content (AvgIpc) is 3.19. The van der Waals surface area contributed by atoms with Gasteiger partial charge in [-0.15, -0.1) is 0 Å². The largest absolute Gasteiger partial charge is 0.494 e. The molecule has 55 heavy (non-hydrogen) atoms. The highest BCUT2D eigenvalue weighted by atomic mass is 16.5. The van der Waals surface area contributed by atoms with E-state index in [9.17, 15) is 19.2 Å². The van der Waals surface area contributed by atoms with Crippen LogP contribution in [0.5, 0.6) is 11.5 Å². The Kier molecular flexibility index (Phi) is 22.6. The van der Waals surface area contributed by atoms with Crippen molar-refractivity contribution in [2.24, 2.45) is 5.92 Å². The minimum atomic E-state index is -0.388. The summed E-state index contributed by atoms with van der Waals surface area (Å²) >= 11 is 0. The predicted octanol–water partition coefficient (Wildman–Crippen LogP) is 11.0. The molecule has 3 rings (SSSR count). The zero-order valence-corrected chi connectivity index (χ0v) is 33.6. The van der Waals surface area contributed by atoms with E-state index in [1.807, 2.05) is 12.1 Å². The maximum absolute atomic E-state index is 12.7. The standard InChI is InChI=1S/C46H66O9/c1-4-5-10-17-37-20-22-38(23-21-37)39-24-30-42(31-25-39)55-46(50)40-26-28-41(29-27-40)51-32-13-6-7-14-33-52-43(47)18-11-8-15-34-53-44(48)19-12-9-16-35-54-45(49)36(2)3/h24-31,37-38H,2,4-23,32-35H2,1,3H3/t37-,38-. The fourth-order valence-electron chi connectivity index (χ4n) is 6.78. The van der Waals surface area contributed by atoms with Crippen molar-refractivity contribution in [3.8, 4) is 11.5 Å². The molecule has 0 saturated heterocycles. The summed E-state index contributed by atoms with van der Waals surface area (Å²) in [6.07, 6.45) is 19.2. The van der Waals surface area contributed by atoms with Crippen molar-refractivity contribution in [2.75, 3.05) is 26.4 Å². The van der Waals surface area contributed by atoms with Crippen LogP contribution in [0.4, 0.5) is 0 Å². The first-order valence-corrected chi connectivity index (χ1v) is 20.9. The molecule has 1 fully saturated rings. The van der Waals surface area contributed by atoms with Crippen molar-refractivity contribution in [3.63, 3.8) is 0 Å². The highest BCUT2D eigenvalue weighted by Gasteiger charge is 2.22. The number of rotatable bonds is 28. The van der Waals surface area contributed by atoms with E-state index in [0.29, 0.717) is 93.5 Å². The fourth-order valence-corrected chi connectivity index (χ4v) is 6.78. The summed E-state index contributed by atoms with van der Waals surface area (Å²) in [7, 11) is 0. The SMILES string of the molecule is C=C(C)C(=O)OCCCCCC(=O)OCCCCCC(=O)OCCCCCCOc1ccc(C(=O)Oc2ccc([C@H]3CC[C@H](CCCCC)CC3)cc2)cc1. The molecule has 0 spiro atoms. The lowest BCUT2D eigenvalue weighted by molar-refractivity contribution is -0.145. The van der Waals surface area contributed by atoms with Crippen molar-refractivity contribution < 1.29 is 42.9 Å². The lowest BCUT2D eigenvalue weighted by Gasteiger charge is -2.29. The molecule has 0 aromatic heterocycles. The Morgan fingerprint density at radius 2 is 1.13 bits per heavy atom. The zero-order valence-electron chi connectivity index (χ0n) is 33.6. The molecule has 304 valence electrons. The Bertz CT molecular complexity index is 1410. The van der Waals surface area contributed by atoms with Gasteiger partial charge in [0.1, 0.15) is 11.5 Å². The van der Waals surface area contributed by atoms with Gasteiger partial charge in [0.2, 0.25) is 0 Å². The summed E-state index contributed by atoms with van der Waals surface area (Å²) in [5, 5.41) is 0. The highest BCUT2D eigenvalue weighted by Crippen LogP contribution is 2.38. The minimum absolute atomic E-state index is 0.194. The van der Waals surface area contributed by atoms with Gasteiger partial charge in [0.25, 0.3) is 0 Å². The quantitative estimate of drug-likeness (QED) is 0.0275. The minimum Gasteiger partial charge on any atom is -0.494 e. The molecule has 0 N–H and O–H groups in total. The molecule has 0 radical (unpaired) electrons.